The van der Waals surface area contributed by atoms with Gasteiger partial charge in [-0.25, -0.2) is 0 Å². The van der Waals surface area contributed by atoms with E-state index in [1.165, 1.54) is 0 Å². The molecule has 9 heteroatoms. The number of allylic oxidation sites excluding steroid dienone is 1. The number of nitrogens with two attached hydrogens (primary N) is 1. The van der Waals surface area contributed by atoms with Gasteiger partial charge in [0.05, 0.1) is 6.10 Å². The fraction of sp³-hybridized carbons (Fsp3) is 0.765. The lowest BCUT2D eigenvalue weighted by molar-refractivity contribution is -0.152. The molecule has 0 rings (SSSR count). The predicted molar refractivity (Wildman–Crippen MR) is 89.4 cm³/mol. The van der Waals surface area contributed by atoms with Crippen molar-refractivity contribution < 1.29 is 38.1 Å². The molecule has 0 aliphatic heterocycles. The van der Waals surface area contributed by atoms with Crippen molar-refractivity contribution in [1.29, 1.82) is 0 Å². The lowest BCUT2D eigenvalue weighted by atomic mass is 9.90. The van der Waals surface area contributed by atoms with Gasteiger partial charge in [-0.05, 0) is 32.6 Å². The maximum Gasteiger partial charge on any atom is 0.395 e. The van der Waals surface area contributed by atoms with E-state index in [9.17, 15) is 33.0 Å². The van der Waals surface area contributed by atoms with E-state index in [0.29, 0.717) is 19.3 Å². The first-order valence-electron chi connectivity index (χ1n) is 8.49. The van der Waals surface area contributed by atoms with Crippen molar-refractivity contribution in [1.82, 2.24) is 0 Å². The maximum atomic E-state index is 12.0. The van der Waals surface area contributed by atoms with Crippen LogP contribution in [-0.4, -0.2) is 51.0 Å². The van der Waals surface area contributed by atoms with Gasteiger partial charge in [-0.15, -0.1) is 0 Å². The molecule has 152 valence electrons. The van der Waals surface area contributed by atoms with Crippen LogP contribution >= 0.6 is 0 Å². The number of ketones is 1. The number of carbonyl (C=O) groups is 2. The van der Waals surface area contributed by atoms with Crippen LogP contribution < -0.4 is 5.73 Å². The summed E-state index contributed by atoms with van der Waals surface area (Å²) in [6.45, 7) is 1.12. The van der Waals surface area contributed by atoms with Crippen molar-refractivity contribution in [2.45, 2.75) is 82.2 Å². The van der Waals surface area contributed by atoms with Crippen molar-refractivity contribution >= 4 is 11.8 Å². The van der Waals surface area contributed by atoms with E-state index in [0.717, 1.165) is 19.8 Å². The van der Waals surface area contributed by atoms with Gasteiger partial charge < -0.3 is 21.1 Å². The van der Waals surface area contributed by atoms with Crippen LogP contribution in [0.4, 0.5) is 13.2 Å². The molecule has 0 radical (unpaired) electrons. The van der Waals surface area contributed by atoms with Crippen LogP contribution in [0.5, 0.6) is 0 Å². The third kappa shape index (κ3) is 10.5. The van der Waals surface area contributed by atoms with Gasteiger partial charge in [0.2, 0.25) is 0 Å². The van der Waals surface area contributed by atoms with E-state index in [1.54, 1.807) is 12.2 Å². The highest BCUT2D eigenvalue weighted by Crippen LogP contribution is 2.21. The number of carbonyl (C=O) groups excluding carboxylic acids is 1. The number of hydrogen-bond acceptors (Lipinski definition) is 5. The number of hydrogen-bond donors (Lipinski definition) is 4. The van der Waals surface area contributed by atoms with E-state index >= 15 is 0 Å². The number of carboxylic acid groups (broad SMARTS) is 1. The van der Waals surface area contributed by atoms with Gasteiger partial charge in [0.25, 0.3) is 0 Å². The Kier molecular flexibility index (Phi) is 10.7. The smallest absolute Gasteiger partial charge is 0.395 e. The molecule has 3 atom stereocenters. The summed E-state index contributed by atoms with van der Waals surface area (Å²) in [7, 11) is 0. The minimum absolute atomic E-state index is 0.0488. The summed E-state index contributed by atoms with van der Waals surface area (Å²) in [5.41, 5.74) is 3.49. The fourth-order valence-corrected chi connectivity index (χ4v) is 2.26. The Morgan fingerprint density at radius 1 is 1.08 bits per heavy atom. The molecule has 0 saturated heterocycles. The van der Waals surface area contributed by atoms with Crippen LogP contribution in [-0.2, 0) is 9.59 Å². The minimum atomic E-state index is -4.44. The Balaban J connectivity index is 3.83. The maximum absolute atomic E-state index is 12.0. The SMILES string of the molecule is CC(N)(C(=O)O)C(O)C(O)C/C=C/CCCCCCC(=O)CC(F)(F)F. The minimum Gasteiger partial charge on any atom is -0.480 e. The van der Waals surface area contributed by atoms with Crippen molar-refractivity contribution in [2.75, 3.05) is 0 Å². The van der Waals surface area contributed by atoms with E-state index in [-0.39, 0.29) is 12.8 Å². The molecular weight excluding hydrogens is 355 g/mol. The Bertz CT molecular complexity index is 478. The summed E-state index contributed by atoms with van der Waals surface area (Å²) >= 11 is 0. The normalized spacial score (nSPS) is 17.0. The van der Waals surface area contributed by atoms with Crippen LogP contribution in [0.3, 0.4) is 0 Å². The van der Waals surface area contributed by atoms with Gasteiger partial charge in [0.1, 0.15) is 23.8 Å². The van der Waals surface area contributed by atoms with Crippen molar-refractivity contribution in [2.24, 2.45) is 5.73 Å². The van der Waals surface area contributed by atoms with Gasteiger partial charge >= 0.3 is 12.1 Å². The summed E-state index contributed by atoms with van der Waals surface area (Å²) in [5, 5.41) is 28.4. The van der Waals surface area contributed by atoms with E-state index < -0.39 is 42.1 Å². The average Bonchev–Trinajstić information content (AvgIpc) is 2.50. The monoisotopic (exact) mass is 383 g/mol. The third-order valence-electron chi connectivity index (χ3n) is 3.96. The highest BCUT2D eigenvalue weighted by molar-refractivity contribution is 5.79. The highest BCUT2D eigenvalue weighted by Gasteiger charge is 2.40. The summed E-state index contributed by atoms with van der Waals surface area (Å²) in [6, 6.07) is 0. The first-order chi connectivity index (χ1) is 11.9. The van der Waals surface area contributed by atoms with Gasteiger partial charge in [0.15, 0.2) is 0 Å². The zero-order chi connectivity index (χ0) is 20.4. The highest BCUT2D eigenvalue weighted by atomic mass is 19.4. The summed E-state index contributed by atoms with van der Waals surface area (Å²) < 4.78 is 35.9. The van der Waals surface area contributed by atoms with E-state index in [4.69, 9.17) is 10.8 Å². The van der Waals surface area contributed by atoms with Gasteiger partial charge in [-0.1, -0.05) is 25.0 Å². The van der Waals surface area contributed by atoms with Gasteiger partial charge in [0, 0.05) is 6.42 Å². The molecular formula is C17H28F3NO5. The number of carboxylic acids is 1. The molecule has 0 aliphatic carbocycles. The molecule has 6 nitrogen and oxygen atoms in total. The Morgan fingerprint density at radius 3 is 2.19 bits per heavy atom. The summed E-state index contributed by atoms with van der Waals surface area (Å²) in [5.74, 6) is -2.21. The standard InChI is InChI=1S/C17H28F3NO5/c1-16(21,15(25)26)14(24)13(23)10-8-6-4-2-3-5-7-9-12(22)11-17(18,19)20/h6,8,13-14,23-24H,2-5,7,9-11,21H2,1H3,(H,25,26)/b8-6+. The fourth-order valence-electron chi connectivity index (χ4n) is 2.26. The quantitative estimate of drug-likeness (QED) is 0.286. The number of alkyl halides is 3. The molecule has 0 bridgehead atoms. The number of Topliss-reactive ketones (excluding diaryl/α,β-unsaturated/α-hetero) is 1. The second-order valence-electron chi connectivity index (χ2n) is 6.59. The molecule has 5 N–H and O–H groups in total. The molecule has 0 aromatic rings. The largest absolute Gasteiger partial charge is 0.480 e. The number of aliphatic hydroxyl groups excluding tert-OH is 2. The van der Waals surface area contributed by atoms with Crippen LogP contribution in [0.2, 0.25) is 0 Å². The van der Waals surface area contributed by atoms with E-state index in [1.807, 2.05) is 0 Å². The lowest BCUT2D eigenvalue weighted by Crippen LogP contribution is -2.58. The van der Waals surface area contributed by atoms with Crippen LogP contribution in [0.15, 0.2) is 12.2 Å². The van der Waals surface area contributed by atoms with Crippen molar-refractivity contribution in [3.63, 3.8) is 0 Å². The van der Waals surface area contributed by atoms with E-state index in [2.05, 4.69) is 0 Å². The van der Waals surface area contributed by atoms with Crippen LogP contribution in [0, 0.1) is 0 Å². The Morgan fingerprint density at radius 2 is 1.65 bits per heavy atom. The molecule has 26 heavy (non-hydrogen) atoms. The second-order valence-corrected chi connectivity index (χ2v) is 6.59. The topological polar surface area (TPSA) is 121 Å². The third-order valence-corrected chi connectivity index (χ3v) is 3.96. The number of halogens is 3. The summed E-state index contributed by atoms with van der Waals surface area (Å²) in [6.07, 6.45) is -2.10. The zero-order valence-corrected chi connectivity index (χ0v) is 14.8. The zero-order valence-electron chi connectivity index (χ0n) is 14.8. The first-order valence-corrected chi connectivity index (χ1v) is 8.49. The van der Waals surface area contributed by atoms with Gasteiger partial charge in [-0.3, -0.25) is 9.59 Å². The number of aliphatic carboxylic acids is 1. The predicted octanol–water partition coefficient (Wildman–Crippen LogP) is 2.32. The number of rotatable bonds is 13. The average molecular weight is 383 g/mol. The number of unbranched alkanes of at least 4 members (excludes halogenated alkanes) is 4. The molecule has 0 fully saturated rings. The van der Waals surface area contributed by atoms with Crippen molar-refractivity contribution in [3.05, 3.63) is 12.2 Å². The van der Waals surface area contributed by atoms with Crippen LogP contribution in [0.25, 0.3) is 0 Å². The Hall–Kier alpha value is -1.45. The molecule has 0 spiro atoms. The van der Waals surface area contributed by atoms with Gasteiger partial charge in [-0.2, -0.15) is 13.2 Å². The van der Waals surface area contributed by atoms with Crippen molar-refractivity contribution in [3.8, 4) is 0 Å². The molecule has 0 amide bonds. The molecule has 0 aromatic carbocycles. The Labute approximate surface area is 150 Å². The van der Waals surface area contributed by atoms with Crippen LogP contribution in [0.1, 0.15) is 58.3 Å². The first kappa shape index (κ1) is 24.6. The molecule has 0 aromatic heterocycles. The lowest BCUT2D eigenvalue weighted by Gasteiger charge is -2.28. The summed E-state index contributed by atoms with van der Waals surface area (Å²) in [4.78, 5) is 21.9. The number of aliphatic hydroxyl groups is 2. The second kappa shape index (κ2) is 11.3. The molecule has 3 unspecified atom stereocenters. The molecule has 0 heterocycles. The molecule has 0 aliphatic rings. The molecule has 0 saturated carbocycles.